The zero-order valence-electron chi connectivity index (χ0n) is 12.9. The zero-order valence-corrected chi connectivity index (χ0v) is 12.9. The Kier molecular flexibility index (Phi) is 4.26. The van der Waals surface area contributed by atoms with Gasteiger partial charge in [-0.1, -0.05) is 0 Å². The van der Waals surface area contributed by atoms with E-state index in [0.29, 0.717) is 0 Å². The largest absolute Gasteiger partial charge is 0.379 e. The van der Waals surface area contributed by atoms with Crippen molar-refractivity contribution in [2.75, 3.05) is 44.3 Å². The molecule has 7 heteroatoms. The average molecular weight is 306 g/mol. The Hall–Kier alpha value is -1.73. The first-order valence-electron chi connectivity index (χ1n) is 7.77. The highest BCUT2D eigenvalue weighted by Crippen LogP contribution is 2.31. The number of ether oxygens (including phenoxy) is 1. The lowest BCUT2D eigenvalue weighted by Gasteiger charge is -2.48. The number of pyridine rings is 1. The van der Waals surface area contributed by atoms with Crippen LogP contribution in [0.1, 0.15) is 19.8 Å². The SMILES string of the molecule is CC1(N2CCOCC2)CCN(c2ccc([N+](=O)[O-])nc2)CC1. The van der Waals surface area contributed by atoms with Crippen LogP contribution in [-0.4, -0.2) is 59.7 Å². The molecule has 3 rings (SSSR count). The van der Waals surface area contributed by atoms with Gasteiger partial charge in [-0.2, -0.15) is 0 Å². The number of piperidine rings is 1. The van der Waals surface area contributed by atoms with Gasteiger partial charge in [0.05, 0.1) is 18.9 Å². The summed E-state index contributed by atoms with van der Waals surface area (Å²) in [6.07, 6.45) is 3.78. The number of nitrogens with zero attached hydrogens (tertiary/aromatic N) is 4. The quantitative estimate of drug-likeness (QED) is 0.625. The Morgan fingerprint density at radius 1 is 1.23 bits per heavy atom. The minimum Gasteiger partial charge on any atom is -0.379 e. The van der Waals surface area contributed by atoms with Crippen molar-refractivity contribution in [3.05, 3.63) is 28.4 Å². The predicted molar refractivity (Wildman–Crippen MR) is 83.1 cm³/mol. The molecule has 0 spiro atoms. The first-order valence-corrected chi connectivity index (χ1v) is 7.77. The Bertz CT molecular complexity index is 520. The van der Waals surface area contributed by atoms with E-state index in [9.17, 15) is 10.1 Å². The Labute approximate surface area is 130 Å². The van der Waals surface area contributed by atoms with Crippen LogP contribution in [0.2, 0.25) is 0 Å². The molecule has 1 aromatic rings. The van der Waals surface area contributed by atoms with E-state index < -0.39 is 4.92 Å². The molecule has 7 nitrogen and oxygen atoms in total. The second-order valence-electron chi connectivity index (χ2n) is 6.22. The van der Waals surface area contributed by atoms with Crippen LogP contribution in [0, 0.1) is 10.1 Å². The minimum atomic E-state index is -0.463. The van der Waals surface area contributed by atoms with Gasteiger partial charge in [-0.25, -0.2) is 0 Å². The summed E-state index contributed by atoms with van der Waals surface area (Å²) in [6, 6.07) is 3.27. The van der Waals surface area contributed by atoms with Gasteiger partial charge in [-0.05, 0) is 35.7 Å². The van der Waals surface area contributed by atoms with Crippen molar-refractivity contribution in [2.45, 2.75) is 25.3 Å². The molecule has 2 aliphatic heterocycles. The smallest absolute Gasteiger partial charge is 0.363 e. The van der Waals surface area contributed by atoms with Gasteiger partial charge in [0.1, 0.15) is 0 Å². The molecule has 2 saturated heterocycles. The molecule has 0 amide bonds. The van der Waals surface area contributed by atoms with Gasteiger partial charge in [-0.3, -0.25) is 4.90 Å². The van der Waals surface area contributed by atoms with E-state index in [1.807, 2.05) is 0 Å². The maximum Gasteiger partial charge on any atom is 0.363 e. The van der Waals surface area contributed by atoms with Crippen LogP contribution >= 0.6 is 0 Å². The highest BCUT2D eigenvalue weighted by atomic mass is 16.6. The fraction of sp³-hybridized carbons (Fsp3) is 0.667. The Balaban J connectivity index is 1.62. The molecular weight excluding hydrogens is 284 g/mol. The number of morpholine rings is 1. The van der Waals surface area contributed by atoms with Gasteiger partial charge in [0.15, 0.2) is 6.20 Å². The predicted octanol–water partition coefficient (Wildman–Crippen LogP) is 1.68. The van der Waals surface area contributed by atoms with Crippen molar-refractivity contribution < 1.29 is 9.66 Å². The van der Waals surface area contributed by atoms with Crippen molar-refractivity contribution in [1.82, 2.24) is 9.88 Å². The molecule has 22 heavy (non-hydrogen) atoms. The van der Waals surface area contributed by atoms with Crippen LogP contribution < -0.4 is 4.90 Å². The highest BCUT2D eigenvalue weighted by molar-refractivity contribution is 5.47. The molecule has 0 atom stereocenters. The lowest BCUT2D eigenvalue weighted by Crippen LogP contribution is -2.56. The second-order valence-corrected chi connectivity index (χ2v) is 6.22. The molecule has 0 unspecified atom stereocenters. The van der Waals surface area contributed by atoms with Crippen LogP contribution in [0.5, 0.6) is 0 Å². The fourth-order valence-corrected chi connectivity index (χ4v) is 3.34. The van der Waals surface area contributed by atoms with E-state index in [1.54, 1.807) is 12.3 Å². The maximum absolute atomic E-state index is 10.7. The van der Waals surface area contributed by atoms with Crippen molar-refractivity contribution >= 4 is 11.5 Å². The summed E-state index contributed by atoms with van der Waals surface area (Å²) >= 11 is 0. The summed E-state index contributed by atoms with van der Waals surface area (Å²) in [4.78, 5) is 18.9. The molecular formula is C15H22N4O3. The minimum absolute atomic E-state index is 0.0982. The molecule has 0 saturated carbocycles. The number of hydrogen-bond donors (Lipinski definition) is 0. The monoisotopic (exact) mass is 306 g/mol. The second kappa shape index (κ2) is 6.18. The molecule has 0 aromatic carbocycles. The number of anilines is 1. The van der Waals surface area contributed by atoms with Crippen LogP contribution in [0.15, 0.2) is 18.3 Å². The van der Waals surface area contributed by atoms with Crippen LogP contribution in [0.3, 0.4) is 0 Å². The Morgan fingerprint density at radius 2 is 1.91 bits per heavy atom. The van der Waals surface area contributed by atoms with Crippen molar-refractivity contribution in [1.29, 1.82) is 0 Å². The van der Waals surface area contributed by atoms with Crippen LogP contribution in [0.25, 0.3) is 0 Å². The molecule has 2 fully saturated rings. The average Bonchev–Trinajstić information content (AvgIpc) is 2.56. The molecule has 1 aromatic heterocycles. The molecule has 0 radical (unpaired) electrons. The third kappa shape index (κ3) is 3.05. The van der Waals surface area contributed by atoms with Gasteiger partial charge in [0.2, 0.25) is 0 Å². The van der Waals surface area contributed by atoms with E-state index in [-0.39, 0.29) is 11.4 Å². The standard InChI is InChI=1S/C15H22N4O3/c1-15(18-8-10-22-11-9-18)4-6-17(7-5-15)13-2-3-14(16-12-13)19(20)21/h2-3,12H,4-11H2,1H3. The van der Waals surface area contributed by atoms with Crippen LogP contribution in [0.4, 0.5) is 11.5 Å². The van der Waals surface area contributed by atoms with E-state index in [2.05, 4.69) is 21.7 Å². The summed E-state index contributed by atoms with van der Waals surface area (Å²) in [5, 5.41) is 10.7. The fourth-order valence-electron chi connectivity index (χ4n) is 3.34. The first kappa shape index (κ1) is 15.2. The number of hydrogen-bond acceptors (Lipinski definition) is 6. The number of rotatable bonds is 3. The third-order valence-electron chi connectivity index (χ3n) is 4.90. The highest BCUT2D eigenvalue weighted by Gasteiger charge is 2.36. The van der Waals surface area contributed by atoms with Gasteiger partial charge < -0.3 is 19.8 Å². The summed E-state index contributed by atoms with van der Waals surface area (Å²) in [5.74, 6) is -0.0982. The first-order chi connectivity index (χ1) is 10.6. The summed E-state index contributed by atoms with van der Waals surface area (Å²) < 4.78 is 5.44. The maximum atomic E-state index is 10.7. The van der Waals surface area contributed by atoms with Crippen LogP contribution in [-0.2, 0) is 4.74 Å². The third-order valence-corrected chi connectivity index (χ3v) is 4.90. The molecule has 2 aliphatic rings. The van der Waals surface area contributed by atoms with E-state index in [0.717, 1.165) is 57.9 Å². The summed E-state index contributed by atoms with van der Waals surface area (Å²) in [6.45, 7) is 7.91. The number of aromatic nitrogens is 1. The molecule has 0 N–H and O–H groups in total. The van der Waals surface area contributed by atoms with Gasteiger partial charge in [0, 0.05) is 37.8 Å². The summed E-state index contributed by atoms with van der Waals surface area (Å²) in [7, 11) is 0. The lowest BCUT2D eigenvalue weighted by molar-refractivity contribution is -0.389. The van der Waals surface area contributed by atoms with E-state index >= 15 is 0 Å². The zero-order chi connectivity index (χ0) is 15.6. The van der Waals surface area contributed by atoms with Crippen molar-refractivity contribution in [3.63, 3.8) is 0 Å². The summed E-state index contributed by atoms with van der Waals surface area (Å²) in [5.41, 5.74) is 1.20. The topological polar surface area (TPSA) is 71.7 Å². The van der Waals surface area contributed by atoms with Gasteiger partial charge in [-0.15, -0.1) is 0 Å². The van der Waals surface area contributed by atoms with Gasteiger partial charge >= 0.3 is 5.82 Å². The molecule has 3 heterocycles. The molecule has 0 bridgehead atoms. The molecule has 0 aliphatic carbocycles. The van der Waals surface area contributed by atoms with E-state index in [1.165, 1.54) is 6.07 Å². The Morgan fingerprint density at radius 3 is 2.45 bits per heavy atom. The molecule has 120 valence electrons. The lowest BCUT2D eigenvalue weighted by atomic mass is 9.87. The van der Waals surface area contributed by atoms with Crippen molar-refractivity contribution in [2.24, 2.45) is 0 Å². The normalized spacial score (nSPS) is 22.5. The number of nitro groups is 1. The van der Waals surface area contributed by atoms with Crippen molar-refractivity contribution in [3.8, 4) is 0 Å². The van der Waals surface area contributed by atoms with E-state index in [4.69, 9.17) is 4.74 Å². The van der Waals surface area contributed by atoms with Gasteiger partial charge in [0.25, 0.3) is 0 Å².